The molecule has 1 aliphatic carbocycles. The van der Waals surface area contributed by atoms with Gasteiger partial charge in [0.15, 0.2) is 10.8 Å². The first-order valence-corrected chi connectivity index (χ1v) is 11.6. The molecule has 2 fully saturated rings. The van der Waals surface area contributed by atoms with Crippen molar-refractivity contribution in [2.45, 2.75) is 31.1 Å². The molecule has 0 amide bonds. The summed E-state index contributed by atoms with van der Waals surface area (Å²) in [4.78, 5) is 16.6. The van der Waals surface area contributed by atoms with Crippen LogP contribution in [-0.4, -0.2) is 56.2 Å². The van der Waals surface area contributed by atoms with Crippen LogP contribution >= 0.6 is 11.3 Å². The standard InChI is InChI=1S/C23H23N5O4S/c1-15-11-27(14-25-15)17-4-3-16(9-18(17)30-2)10-19-20-26-32-23(13-29,21-24-7-8-33-21)28(20)12-22(31-19)5-6-22/h3-4,7-11,14,29H,5-6,12-13H2,1-2H3. The van der Waals surface area contributed by atoms with Crippen LogP contribution in [0.15, 0.2) is 53.2 Å². The molecular weight excluding hydrogens is 442 g/mol. The average Bonchev–Trinajstić information content (AvgIpc) is 3.24. The molecule has 4 heterocycles. The number of morpholine rings is 1. The molecule has 2 aliphatic heterocycles. The third kappa shape index (κ3) is 3.20. The maximum Gasteiger partial charge on any atom is 0.286 e. The number of aromatic nitrogens is 3. The van der Waals surface area contributed by atoms with Crippen molar-refractivity contribution in [1.82, 2.24) is 19.4 Å². The molecule has 3 aliphatic rings. The van der Waals surface area contributed by atoms with E-state index in [0.29, 0.717) is 28.9 Å². The molecule has 2 aromatic heterocycles. The lowest BCUT2D eigenvalue weighted by molar-refractivity contribution is -0.149. The van der Waals surface area contributed by atoms with E-state index in [9.17, 15) is 5.11 Å². The minimum atomic E-state index is -1.12. The quantitative estimate of drug-likeness (QED) is 0.619. The molecule has 1 unspecified atom stereocenters. The first-order valence-electron chi connectivity index (χ1n) is 10.7. The lowest BCUT2D eigenvalue weighted by Crippen LogP contribution is -2.55. The van der Waals surface area contributed by atoms with Crippen molar-refractivity contribution in [2.24, 2.45) is 5.16 Å². The topological polar surface area (TPSA) is 94.2 Å². The van der Waals surface area contributed by atoms with Gasteiger partial charge in [0.2, 0.25) is 5.84 Å². The number of amidine groups is 1. The summed E-state index contributed by atoms with van der Waals surface area (Å²) in [6.07, 6.45) is 9.24. The van der Waals surface area contributed by atoms with E-state index in [1.54, 1.807) is 19.6 Å². The summed E-state index contributed by atoms with van der Waals surface area (Å²) >= 11 is 1.44. The van der Waals surface area contributed by atoms with Crippen LogP contribution in [0.2, 0.25) is 0 Å². The second-order valence-corrected chi connectivity index (χ2v) is 9.41. The number of aryl methyl sites for hydroxylation is 1. The molecule has 0 radical (unpaired) electrons. The van der Waals surface area contributed by atoms with Gasteiger partial charge < -0.3 is 24.0 Å². The average molecular weight is 466 g/mol. The van der Waals surface area contributed by atoms with E-state index in [1.807, 2.05) is 52.2 Å². The number of benzene rings is 1. The van der Waals surface area contributed by atoms with Gasteiger partial charge in [0, 0.05) is 17.8 Å². The Balaban J connectivity index is 1.38. The number of imidazole rings is 1. The van der Waals surface area contributed by atoms with Crippen LogP contribution in [0.25, 0.3) is 11.8 Å². The van der Waals surface area contributed by atoms with Gasteiger partial charge in [-0.05, 0) is 43.5 Å². The van der Waals surface area contributed by atoms with Gasteiger partial charge in [-0.1, -0.05) is 11.2 Å². The van der Waals surface area contributed by atoms with Crippen molar-refractivity contribution in [1.29, 1.82) is 0 Å². The van der Waals surface area contributed by atoms with E-state index in [1.165, 1.54) is 11.3 Å². The van der Waals surface area contributed by atoms with Crippen LogP contribution in [0.3, 0.4) is 0 Å². The summed E-state index contributed by atoms with van der Waals surface area (Å²) in [7, 11) is 1.65. The molecule has 33 heavy (non-hydrogen) atoms. The summed E-state index contributed by atoms with van der Waals surface area (Å²) in [5.74, 6) is 1.89. The highest BCUT2D eigenvalue weighted by atomic mass is 32.1. The molecular formula is C23H23N5O4S. The Morgan fingerprint density at radius 1 is 1.30 bits per heavy atom. The SMILES string of the molecule is COc1cc(C=C2OC3(CC3)CN3C2=NOC3(CO)c2nccs2)ccc1-n1cnc(C)c1. The largest absolute Gasteiger partial charge is 0.495 e. The van der Waals surface area contributed by atoms with Gasteiger partial charge >= 0.3 is 0 Å². The Bertz CT molecular complexity index is 1260. The molecule has 1 atom stereocenters. The summed E-state index contributed by atoms with van der Waals surface area (Å²) in [5, 5.41) is 17.2. The summed E-state index contributed by atoms with van der Waals surface area (Å²) in [6, 6.07) is 5.94. The van der Waals surface area contributed by atoms with Crippen LogP contribution in [0.1, 0.15) is 29.1 Å². The van der Waals surface area contributed by atoms with Crippen molar-refractivity contribution >= 4 is 23.2 Å². The van der Waals surface area contributed by atoms with Crippen molar-refractivity contribution in [3.63, 3.8) is 0 Å². The van der Waals surface area contributed by atoms with Crippen molar-refractivity contribution in [2.75, 3.05) is 20.3 Å². The first kappa shape index (κ1) is 20.3. The molecule has 3 aromatic rings. The van der Waals surface area contributed by atoms with Gasteiger partial charge in [-0.25, -0.2) is 9.97 Å². The van der Waals surface area contributed by atoms with Gasteiger partial charge in [0.05, 0.1) is 31.4 Å². The van der Waals surface area contributed by atoms with Gasteiger partial charge in [0.25, 0.3) is 5.72 Å². The van der Waals surface area contributed by atoms with Gasteiger partial charge in [-0.2, -0.15) is 0 Å². The predicted octanol–water partition coefficient (Wildman–Crippen LogP) is 3.04. The van der Waals surface area contributed by atoms with E-state index >= 15 is 0 Å². The Morgan fingerprint density at radius 3 is 2.85 bits per heavy atom. The number of ether oxygens (including phenoxy) is 2. The van der Waals surface area contributed by atoms with Gasteiger partial charge in [0.1, 0.15) is 18.0 Å². The van der Waals surface area contributed by atoms with Gasteiger partial charge in [-0.3, -0.25) is 4.90 Å². The fourth-order valence-corrected chi connectivity index (χ4v) is 5.08. The molecule has 1 saturated carbocycles. The van der Waals surface area contributed by atoms with Crippen molar-refractivity contribution < 1.29 is 19.4 Å². The first-order chi connectivity index (χ1) is 16.1. The normalized spacial score (nSPS) is 23.8. The Labute approximate surface area is 194 Å². The minimum absolute atomic E-state index is 0.260. The van der Waals surface area contributed by atoms with Crippen molar-refractivity contribution in [3.05, 3.63) is 64.3 Å². The van der Waals surface area contributed by atoms with Crippen LogP contribution in [0.5, 0.6) is 5.75 Å². The molecule has 170 valence electrons. The molecule has 1 spiro atoms. The highest BCUT2D eigenvalue weighted by Crippen LogP contribution is 2.50. The number of fused-ring (bicyclic) bond motifs is 1. The van der Waals surface area contributed by atoms with Crippen LogP contribution in [-0.2, 0) is 15.3 Å². The fourth-order valence-electron chi connectivity index (χ4n) is 4.32. The molecule has 6 rings (SSSR count). The number of thiazole rings is 1. The zero-order valence-electron chi connectivity index (χ0n) is 18.3. The van der Waals surface area contributed by atoms with E-state index in [4.69, 9.17) is 14.3 Å². The number of methoxy groups -OCH3 is 1. The fraction of sp³-hybridized carbons (Fsp3) is 0.348. The van der Waals surface area contributed by atoms with E-state index in [2.05, 4.69) is 15.1 Å². The van der Waals surface area contributed by atoms with Crippen molar-refractivity contribution in [3.8, 4) is 11.4 Å². The maximum absolute atomic E-state index is 10.3. The number of oxime groups is 1. The lowest BCUT2D eigenvalue weighted by Gasteiger charge is -2.40. The number of nitrogens with zero attached hydrogens (tertiary/aromatic N) is 5. The molecule has 1 aromatic carbocycles. The smallest absolute Gasteiger partial charge is 0.286 e. The summed E-state index contributed by atoms with van der Waals surface area (Å²) in [5.41, 5.74) is 1.31. The highest BCUT2D eigenvalue weighted by molar-refractivity contribution is 7.09. The number of rotatable bonds is 5. The Morgan fingerprint density at radius 2 is 2.18 bits per heavy atom. The number of hydrogen-bond donors (Lipinski definition) is 1. The second-order valence-electron chi connectivity index (χ2n) is 8.52. The van der Waals surface area contributed by atoms with Crippen LogP contribution in [0.4, 0.5) is 0 Å². The Hall–Kier alpha value is -3.37. The summed E-state index contributed by atoms with van der Waals surface area (Å²) in [6.45, 7) is 2.28. The highest BCUT2D eigenvalue weighted by Gasteiger charge is 2.60. The van der Waals surface area contributed by atoms with Crippen LogP contribution in [0, 0.1) is 6.92 Å². The number of aliphatic hydroxyl groups is 1. The maximum atomic E-state index is 10.3. The summed E-state index contributed by atoms with van der Waals surface area (Å²) < 4.78 is 14.0. The third-order valence-corrected chi connectivity index (χ3v) is 7.15. The molecule has 10 heteroatoms. The molecule has 9 nitrogen and oxygen atoms in total. The molecule has 1 N–H and O–H groups in total. The lowest BCUT2D eigenvalue weighted by atomic mass is 10.1. The number of aliphatic hydroxyl groups excluding tert-OH is 1. The van der Waals surface area contributed by atoms with Crippen LogP contribution < -0.4 is 4.74 Å². The zero-order valence-corrected chi connectivity index (χ0v) is 19.1. The third-order valence-electron chi connectivity index (χ3n) is 6.25. The Kier molecular flexibility index (Phi) is 4.49. The van der Waals surface area contributed by atoms with E-state index in [0.717, 1.165) is 29.8 Å². The van der Waals surface area contributed by atoms with E-state index < -0.39 is 5.72 Å². The number of hydrogen-bond acceptors (Lipinski definition) is 9. The van der Waals surface area contributed by atoms with Gasteiger partial charge in [-0.15, -0.1) is 11.3 Å². The molecule has 1 saturated heterocycles. The minimum Gasteiger partial charge on any atom is -0.495 e. The second kappa shape index (κ2) is 7.32. The van der Waals surface area contributed by atoms with E-state index in [-0.39, 0.29) is 12.2 Å². The predicted molar refractivity (Wildman–Crippen MR) is 122 cm³/mol. The monoisotopic (exact) mass is 465 g/mol. The molecule has 0 bridgehead atoms. The zero-order chi connectivity index (χ0) is 22.6.